The molecule has 0 aromatic heterocycles. The second kappa shape index (κ2) is 12.1. The van der Waals surface area contributed by atoms with Gasteiger partial charge in [0.05, 0.1) is 16.1 Å². The summed E-state index contributed by atoms with van der Waals surface area (Å²) in [5.41, 5.74) is 1.67. The molecule has 4 aromatic carbocycles. The van der Waals surface area contributed by atoms with E-state index in [-0.39, 0.29) is 33.9 Å². The van der Waals surface area contributed by atoms with Gasteiger partial charge in [0.25, 0.3) is 5.91 Å². The number of nitrogens with one attached hydrogen (secondary N) is 1. The summed E-state index contributed by atoms with van der Waals surface area (Å²) in [5, 5.41) is 43.9. The molecule has 1 saturated heterocycles. The zero-order valence-electron chi connectivity index (χ0n) is 22.8. The topological polar surface area (TPSA) is 147 Å². The number of rotatable bonds is 8. The lowest BCUT2D eigenvalue weighted by Crippen LogP contribution is -2.38. The fourth-order valence-corrected chi connectivity index (χ4v) is 6.74. The Morgan fingerprint density at radius 2 is 1.40 bits per heavy atom. The lowest BCUT2D eigenvalue weighted by atomic mass is 9.91. The number of carbonyl (C=O) groups excluding carboxylic acids is 1. The molecule has 0 spiro atoms. The maximum atomic E-state index is 13.5. The normalized spacial score (nSPS) is 14.5. The van der Waals surface area contributed by atoms with Crippen molar-refractivity contribution in [2.24, 2.45) is 5.92 Å². The number of hydrogen-bond acceptors (Lipinski definition) is 7. The second-order valence-corrected chi connectivity index (χ2v) is 12.4. The van der Waals surface area contributed by atoms with Crippen LogP contribution >= 0.6 is 0 Å². The molecule has 0 bridgehead atoms. The predicted octanol–water partition coefficient (Wildman–Crippen LogP) is 5.00. The highest BCUT2D eigenvalue weighted by Crippen LogP contribution is 2.42. The van der Waals surface area contributed by atoms with Gasteiger partial charge in [0.15, 0.2) is 11.5 Å². The van der Waals surface area contributed by atoms with Crippen molar-refractivity contribution in [1.82, 2.24) is 4.31 Å². The van der Waals surface area contributed by atoms with E-state index in [4.69, 9.17) is 0 Å². The largest absolute Gasteiger partial charge is 0.506 e. The van der Waals surface area contributed by atoms with Crippen molar-refractivity contribution in [1.29, 1.82) is 0 Å². The maximum absolute atomic E-state index is 13.5. The number of hydrogen-bond donors (Lipinski definition) is 5. The molecule has 1 heterocycles. The van der Waals surface area contributed by atoms with Crippen molar-refractivity contribution in [2.45, 2.75) is 30.6 Å². The number of amides is 1. The van der Waals surface area contributed by atoms with Gasteiger partial charge in [0, 0.05) is 25.1 Å². The van der Waals surface area contributed by atoms with E-state index in [1.165, 1.54) is 34.1 Å². The molecule has 1 aliphatic heterocycles. The third kappa shape index (κ3) is 6.19. The van der Waals surface area contributed by atoms with Gasteiger partial charge in [0.1, 0.15) is 5.75 Å². The van der Waals surface area contributed by atoms with Gasteiger partial charge in [-0.25, -0.2) is 8.42 Å². The molecule has 4 aromatic rings. The Labute approximate surface area is 244 Å². The van der Waals surface area contributed by atoms with Gasteiger partial charge >= 0.3 is 0 Å². The highest BCUT2D eigenvalue weighted by Gasteiger charge is 2.30. The van der Waals surface area contributed by atoms with Crippen LogP contribution in [0.3, 0.4) is 0 Å². The Bertz CT molecular complexity index is 1690. The number of nitrogens with zero attached hydrogens (tertiary/aromatic N) is 1. The van der Waals surface area contributed by atoms with Crippen molar-refractivity contribution in [2.75, 3.05) is 18.4 Å². The first-order chi connectivity index (χ1) is 20.1. The average molecular weight is 589 g/mol. The standard InChI is InChI=1S/C32H32N2O7S/c35-28-12-11-25(42(40,41)34-15-13-23(14-16-34)17-21-7-3-1-4-8-21)20-27(28)33-32(39)26-19-24(29(36)31(38)30(26)37)18-22-9-5-2-6-10-22/h1-12,19-20,23,35-38H,13-18H2,(H,33,39). The first kappa shape index (κ1) is 29.0. The van der Waals surface area contributed by atoms with Crippen LogP contribution in [-0.2, 0) is 22.9 Å². The van der Waals surface area contributed by atoms with E-state index in [1.54, 1.807) is 24.3 Å². The molecule has 0 radical (unpaired) electrons. The number of phenolic OH excluding ortho intramolecular Hbond substituents is 4. The second-order valence-electron chi connectivity index (χ2n) is 10.5. The number of aromatic hydroxyl groups is 4. The summed E-state index contributed by atoms with van der Waals surface area (Å²) in [6, 6.07) is 24.0. The number of piperidine rings is 1. The van der Waals surface area contributed by atoms with Crippen LogP contribution in [0.25, 0.3) is 0 Å². The molecule has 218 valence electrons. The van der Waals surface area contributed by atoms with Crippen LogP contribution in [0.2, 0.25) is 0 Å². The average Bonchev–Trinajstić information content (AvgIpc) is 2.99. The number of anilines is 1. The molecule has 1 aliphatic rings. The fourth-order valence-electron chi connectivity index (χ4n) is 5.24. The minimum Gasteiger partial charge on any atom is -0.506 e. The summed E-state index contributed by atoms with van der Waals surface area (Å²) in [6.45, 7) is 0.709. The van der Waals surface area contributed by atoms with Crippen molar-refractivity contribution < 1.29 is 33.6 Å². The smallest absolute Gasteiger partial charge is 0.259 e. The van der Waals surface area contributed by atoms with Gasteiger partial charge in [-0.15, -0.1) is 0 Å². The van der Waals surface area contributed by atoms with E-state index in [9.17, 15) is 33.6 Å². The van der Waals surface area contributed by atoms with Gasteiger partial charge in [-0.3, -0.25) is 4.79 Å². The summed E-state index contributed by atoms with van der Waals surface area (Å²) in [7, 11) is -3.91. The Hall–Kier alpha value is -4.54. The Kier molecular flexibility index (Phi) is 8.37. The van der Waals surface area contributed by atoms with Crippen LogP contribution in [0.15, 0.2) is 89.8 Å². The summed E-state index contributed by atoms with van der Waals surface area (Å²) < 4.78 is 28.3. The molecular formula is C32H32N2O7S. The van der Waals surface area contributed by atoms with E-state index >= 15 is 0 Å². The molecule has 0 atom stereocenters. The monoisotopic (exact) mass is 588 g/mol. The van der Waals surface area contributed by atoms with Gasteiger partial charge < -0.3 is 25.7 Å². The number of benzene rings is 4. The summed E-state index contributed by atoms with van der Waals surface area (Å²) in [6.07, 6.45) is 2.48. The molecule has 1 fully saturated rings. The van der Waals surface area contributed by atoms with Crippen molar-refractivity contribution in [3.8, 4) is 23.0 Å². The molecular weight excluding hydrogens is 556 g/mol. The lowest BCUT2D eigenvalue weighted by Gasteiger charge is -2.31. The van der Waals surface area contributed by atoms with Gasteiger partial charge in [-0.1, -0.05) is 60.7 Å². The lowest BCUT2D eigenvalue weighted by molar-refractivity contribution is 0.102. The molecule has 5 rings (SSSR count). The molecule has 0 saturated carbocycles. The minimum atomic E-state index is -3.91. The van der Waals surface area contributed by atoms with Crippen molar-refractivity contribution >= 4 is 21.6 Å². The van der Waals surface area contributed by atoms with Crippen LogP contribution in [0.1, 0.15) is 39.9 Å². The number of sulfonamides is 1. The first-order valence-electron chi connectivity index (χ1n) is 13.6. The highest BCUT2D eigenvalue weighted by atomic mass is 32.2. The van der Waals surface area contributed by atoms with Crippen LogP contribution < -0.4 is 5.32 Å². The van der Waals surface area contributed by atoms with E-state index in [0.29, 0.717) is 31.8 Å². The fraction of sp³-hybridized carbons (Fsp3) is 0.219. The summed E-state index contributed by atoms with van der Waals surface area (Å²) in [5.74, 6) is -3.18. The third-order valence-corrected chi connectivity index (χ3v) is 9.50. The van der Waals surface area contributed by atoms with Crippen molar-refractivity contribution in [3.63, 3.8) is 0 Å². The van der Waals surface area contributed by atoms with Gasteiger partial charge in [-0.2, -0.15) is 4.31 Å². The highest BCUT2D eigenvalue weighted by molar-refractivity contribution is 7.89. The number of phenols is 4. The molecule has 9 nitrogen and oxygen atoms in total. The maximum Gasteiger partial charge on any atom is 0.259 e. The van der Waals surface area contributed by atoms with E-state index in [0.717, 1.165) is 12.0 Å². The van der Waals surface area contributed by atoms with E-state index in [1.807, 2.05) is 24.3 Å². The Morgan fingerprint density at radius 1 is 0.786 bits per heavy atom. The van der Waals surface area contributed by atoms with E-state index in [2.05, 4.69) is 17.4 Å². The zero-order chi connectivity index (χ0) is 29.9. The first-order valence-corrected chi connectivity index (χ1v) is 15.1. The minimum absolute atomic E-state index is 0.0975. The molecule has 10 heteroatoms. The van der Waals surface area contributed by atoms with Gasteiger partial charge in [0.2, 0.25) is 15.8 Å². The Balaban J connectivity index is 1.32. The van der Waals surface area contributed by atoms with E-state index < -0.39 is 33.2 Å². The number of carbonyl (C=O) groups is 1. The quantitative estimate of drug-likeness (QED) is 0.182. The third-order valence-electron chi connectivity index (χ3n) is 7.60. The SMILES string of the molecule is O=C(Nc1cc(S(=O)(=O)N2CCC(Cc3ccccc3)CC2)ccc1O)c1cc(Cc2ccccc2)c(O)c(O)c1O. The summed E-state index contributed by atoms with van der Waals surface area (Å²) in [4.78, 5) is 13.1. The molecule has 1 amide bonds. The van der Waals surface area contributed by atoms with Crippen LogP contribution in [0, 0.1) is 5.92 Å². The van der Waals surface area contributed by atoms with Crippen molar-refractivity contribution in [3.05, 3.63) is 107 Å². The molecule has 0 aliphatic carbocycles. The van der Waals surface area contributed by atoms with Crippen LogP contribution in [-0.4, -0.2) is 52.1 Å². The Morgan fingerprint density at radius 3 is 2.05 bits per heavy atom. The molecule has 5 N–H and O–H groups in total. The van der Waals surface area contributed by atoms with Crippen LogP contribution in [0.5, 0.6) is 23.0 Å². The zero-order valence-corrected chi connectivity index (χ0v) is 23.6. The molecule has 0 unspecified atom stereocenters. The molecule has 42 heavy (non-hydrogen) atoms. The summed E-state index contributed by atoms with van der Waals surface area (Å²) >= 11 is 0. The van der Waals surface area contributed by atoms with Gasteiger partial charge in [-0.05, 0) is 60.6 Å². The predicted molar refractivity (Wildman–Crippen MR) is 158 cm³/mol. The van der Waals surface area contributed by atoms with Crippen LogP contribution in [0.4, 0.5) is 5.69 Å².